The van der Waals surface area contributed by atoms with Crippen molar-refractivity contribution in [1.29, 1.82) is 0 Å². The number of hydrogen-bond acceptors (Lipinski definition) is 5. The van der Waals surface area contributed by atoms with Crippen molar-refractivity contribution in [1.82, 2.24) is 4.90 Å². The van der Waals surface area contributed by atoms with Crippen LogP contribution in [0.15, 0.2) is 0 Å². The molecule has 126 valence electrons. The zero-order valence-electron chi connectivity index (χ0n) is 12.3. The van der Waals surface area contributed by atoms with E-state index in [1.807, 2.05) is 13.8 Å². The van der Waals surface area contributed by atoms with Crippen molar-refractivity contribution in [3.8, 4) is 0 Å². The van der Waals surface area contributed by atoms with Gasteiger partial charge in [-0.2, -0.15) is 8.42 Å². The minimum Gasteiger partial charge on any atom is -0.340 e. The van der Waals surface area contributed by atoms with E-state index in [1.54, 1.807) is 0 Å². The highest BCUT2D eigenvalue weighted by molar-refractivity contribution is 7.95. The molecule has 4 N–H and O–H groups in total. The first-order chi connectivity index (χ1) is 9.32. The van der Waals surface area contributed by atoms with Gasteiger partial charge in [-0.3, -0.25) is 9.35 Å². The Bertz CT molecular complexity index is 541. The van der Waals surface area contributed by atoms with E-state index < -0.39 is 43.4 Å². The van der Waals surface area contributed by atoms with Crippen LogP contribution in [0, 0.1) is 5.92 Å². The van der Waals surface area contributed by atoms with Gasteiger partial charge in [-0.25, -0.2) is 4.21 Å². The van der Waals surface area contributed by atoms with Gasteiger partial charge in [-0.1, -0.05) is 13.8 Å². The predicted octanol–water partition coefficient (Wildman–Crippen LogP) is -0.734. The molecule has 0 bridgehead atoms. The van der Waals surface area contributed by atoms with Crippen molar-refractivity contribution in [2.75, 3.05) is 24.6 Å². The van der Waals surface area contributed by atoms with Gasteiger partial charge in [0.15, 0.2) is 0 Å². The van der Waals surface area contributed by atoms with Crippen molar-refractivity contribution < 1.29 is 26.5 Å². The topological polar surface area (TPSA) is 138 Å². The number of hydrogen-bond donors (Lipinski definition) is 3. The predicted molar refractivity (Wildman–Crippen MR) is 83.2 cm³/mol. The summed E-state index contributed by atoms with van der Waals surface area (Å²) in [7, 11) is -7.62. The summed E-state index contributed by atoms with van der Waals surface area (Å²) in [6.45, 7) is 3.90. The molecule has 21 heavy (non-hydrogen) atoms. The highest BCUT2D eigenvalue weighted by atomic mass is 32.2. The molecule has 0 fully saturated rings. The molecule has 1 amide bonds. The van der Waals surface area contributed by atoms with Crippen LogP contribution < -0.4 is 5.73 Å². The lowest BCUT2D eigenvalue weighted by Gasteiger charge is -2.26. The summed E-state index contributed by atoms with van der Waals surface area (Å²) in [4.78, 5) is 13.3. The second-order valence-corrected chi connectivity index (χ2v) is 8.79. The van der Waals surface area contributed by atoms with Gasteiger partial charge in [0, 0.05) is 13.1 Å². The molecule has 2 unspecified atom stereocenters. The molecule has 0 aromatic heterocycles. The van der Waals surface area contributed by atoms with Gasteiger partial charge in [-0.05, 0) is 18.2 Å². The molecule has 0 aliphatic carbocycles. The average molecular weight is 344 g/mol. The molecule has 0 heterocycles. The average Bonchev–Trinajstić information content (AvgIpc) is 2.24. The zero-order valence-corrected chi connectivity index (χ0v) is 13.9. The Kier molecular flexibility index (Phi) is 7.82. The van der Waals surface area contributed by atoms with Gasteiger partial charge in [0.05, 0.1) is 27.4 Å². The summed E-state index contributed by atoms with van der Waals surface area (Å²) in [5.41, 5.74) is 5.57. The van der Waals surface area contributed by atoms with Gasteiger partial charge in [0.2, 0.25) is 5.91 Å². The quantitative estimate of drug-likeness (QED) is 0.370. The monoisotopic (exact) mass is 344 g/mol. The van der Waals surface area contributed by atoms with Crippen LogP contribution in [0.5, 0.6) is 0 Å². The first-order valence-electron chi connectivity index (χ1n) is 6.38. The molecule has 0 aliphatic rings. The van der Waals surface area contributed by atoms with Gasteiger partial charge >= 0.3 is 0 Å². The summed E-state index contributed by atoms with van der Waals surface area (Å²) in [5, 5.41) is 0. The Morgan fingerprint density at radius 1 is 1.24 bits per heavy atom. The number of amides is 1. The third-order valence-corrected chi connectivity index (χ3v) is 4.24. The van der Waals surface area contributed by atoms with Gasteiger partial charge in [-0.15, -0.1) is 0 Å². The lowest BCUT2D eigenvalue weighted by molar-refractivity contribution is -0.132. The third-order valence-electron chi connectivity index (χ3n) is 2.66. The number of rotatable bonds is 9. The largest absolute Gasteiger partial charge is 0.340 e. The third kappa shape index (κ3) is 10.7. The standard InChI is InChI=1S/C11H24N2O6S2/c1-9(2)4-5-13(6-7-21(17,18)19)11(14)10(12)8-20(3,15)16/h9-10H,3-8,12H2,1-2H3,(H,15,16)(H,17,18,19). The van der Waals surface area contributed by atoms with Crippen LogP contribution >= 0.6 is 0 Å². The van der Waals surface area contributed by atoms with Crippen molar-refractivity contribution in [3.63, 3.8) is 0 Å². The highest BCUT2D eigenvalue weighted by Crippen LogP contribution is 2.05. The molecule has 0 aromatic rings. The smallest absolute Gasteiger partial charge is 0.266 e. The van der Waals surface area contributed by atoms with E-state index in [4.69, 9.17) is 14.8 Å². The lowest BCUT2D eigenvalue weighted by atomic mass is 10.1. The maximum Gasteiger partial charge on any atom is 0.266 e. The fraction of sp³-hybridized carbons (Fsp3) is 0.818. The summed E-state index contributed by atoms with van der Waals surface area (Å²) in [6.07, 6.45) is 0.614. The van der Waals surface area contributed by atoms with E-state index in [2.05, 4.69) is 5.87 Å². The van der Waals surface area contributed by atoms with Crippen LogP contribution in [0.2, 0.25) is 0 Å². The maximum atomic E-state index is 12.1. The number of nitrogens with two attached hydrogens (primary N) is 1. The molecule has 2 atom stereocenters. The molecule has 0 radical (unpaired) electrons. The molecular weight excluding hydrogens is 320 g/mol. The number of carbonyl (C=O) groups is 1. The molecule has 0 aliphatic heterocycles. The molecular formula is C11H24N2O6S2. The molecule has 0 saturated carbocycles. The molecule has 0 spiro atoms. The van der Waals surface area contributed by atoms with E-state index in [9.17, 15) is 17.4 Å². The van der Waals surface area contributed by atoms with Crippen molar-refractivity contribution >= 4 is 31.7 Å². The molecule has 8 nitrogen and oxygen atoms in total. The van der Waals surface area contributed by atoms with Crippen LogP contribution in [0.4, 0.5) is 0 Å². The lowest BCUT2D eigenvalue weighted by Crippen LogP contribution is -2.49. The van der Waals surface area contributed by atoms with Crippen molar-refractivity contribution in [3.05, 3.63) is 0 Å². The van der Waals surface area contributed by atoms with E-state index >= 15 is 0 Å². The van der Waals surface area contributed by atoms with Crippen LogP contribution in [-0.4, -0.2) is 69.0 Å². The molecule has 0 saturated heterocycles. The van der Waals surface area contributed by atoms with E-state index in [0.717, 1.165) is 0 Å². The van der Waals surface area contributed by atoms with E-state index in [0.29, 0.717) is 6.42 Å². The van der Waals surface area contributed by atoms with Gasteiger partial charge < -0.3 is 15.2 Å². The first-order valence-corrected chi connectivity index (χ1v) is 9.85. The van der Waals surface area contributed by atoms with Gasteiger partial charge in [0.1, 0.15) is 0 Å². The van der Waals surface area contributed by atoms with Crippen molar-refractivity contribution in [2.45, 2.75) is 26.3 Å². The highest BCUT2D eigenvalue weighted by Gasteiger charge is 2.24. The Morgan fingerprint density at radius 3 is 2.14 bits per heavy atom. The fourth-order valence-electron chi connectivity index (χ4n) is 1.56. The second kappa shape index (κ2) is 8.08. The minimum absolute atomic E-state index is 0.220. The Morgan fingerprint density at radius 2 is 1.76 bits per heavy atom. The Hall–Kier alpha value is -0.680. The van der Waals surface area contributed by atoms with Gasteiger partial charge in [0.25, 0.3) is 10.1 Å². The maximum absolute atomic E-state index is 12.1. The summed E-state index contributed by atoms with van der Waals surface area (Å²) >= 11 is 0. The van der Waals surface area contributed by atoms with E-state index in [-0.39, 0.29) is 19.0 Å². The summed E-state index contributed by atoms with van der Waals surface area (Å²) in [5.74, 6) is 1.54. The minimum atomic E-state index is -4.21. The Labute approximate surface area is 126 Å². The summed E-state index contributed by atoms with van der Waals surface area (Å²) < 4.78 is 50.6. The number of carbonyl (C=O) groups excluding carboxylic acids is 1. The molecule has 0 aromatic carbocycles. The zero-order chi connectivity index (χ0) is 16.8. The van der Waals surface area contributed by atoms with Crippen molar-refractivity contribution in [2.24, 2.45) is 11.7 Å². The fourth-order valence-corrected chi connectivity index (χ4v) is 2.71. The first kappa shape index (κ1) is 20.3. The summed E-state index contributed by atoms with van der Waals surface area (Å²) in [6, 6.07) is -1.24. The number of nitrogens with zero attached hydrogens (tertiary/aromatic N) is 1. The SMILES string of the molecule is C=S(=O)(O)CC(N)C(=O)N(CCC(C)C)CCS(=O)(=O)O. The van der Waals surface area contributed by atoms with Crippen LogP contribution in [0.25, 0.3) is 0 Å². The van der Waals surface area contributed by atoms with Crippen LogP contribution in [-0.2, 0) is 24.7 Å². The molecule has 0 rings (SSSR count). The normalized spacial score (nSPS) is 16.5. The van der Waals surface area contributed by atoms with Crippen LogP contribution in [0.1, 0.15) is 20.3 Å². The van der Waals surface area contributed by atoms with Crippen LogP contribution in [0.3, 0.4) is 0 Å². The molecule has 10 heteroatoms. The Balaban J connectivity index is 4.87. The van der Waals surface area contributed by atoms with E-state index in [1.165, 1.54) is 4.90 Å². The second-order valence-electron chi connectivity index (χ2n) is 5.34.